The zero-order valence-corrected chi connectivity index (χ0v) is 14.9. The first kappa shape index (κ1) is 18.9. The number of carbonyl (C=O) groups excluding carboxylic acids is 1. The number of hydrogen-bond acceptors (Lipinski definition) is 4. The van der Waals surface area contributed by atoms with Gasteiger partial charge in [0.2, 0.25) is 5.91 Å². The predicted octanol–water partition coefficient (Wildman–Crippen LogP) is 1.63. The molecule has 0 aliphatic heterocycles. The average Bonchev–Trinajstić information content (AvgIpc) is 2.56. The van der Waals surface area contributed by atoms with E-state index in [1.54, 1.807) is 0 Å². The minimum Gasteiger partial charge on any atom is -0.481 e. The van der Waals surface area contributed by atoms with Crippen LogP contribution in [0, 0.1) is 5.92 Å². The van der Waals surface area contributed by atoms with Gasteiger partial charge < -0.3 is 10.4 Å². The largest absolute Gasteiger partial charge is 0.481 e. The summed E-state index contributed by atoms with van der Waals surface area (Å²) in [5.41, 5.74) is 0.844. The third kappa shape index (κ3) is 5.03. The van der Waals surface area contributed by atoms with Crippen LogP contribution in [0.5, 0.6) is 0 Å². The van der Waals surface area contributed by atoms with Gasteiger partial charge in [0, 0.05) is 12.8 Å². The molecule has 0 saturated carbocycles. The van der Waals surface area contributed by atoms with Gasteiger partial charge in [-0.25, -0.2) is 8.42 Å². The molecule has 0 aliphatic carbocycles. The second kappa shape index (κ2) is 7.65. The summed E-state index contributed by atoms with van der Waals surface area (Å²) in [6.07, 6.45) is 1.22. The first-order chi connectivity index (χ1) is 11.7. The molecule has 0 aliphatic rings. The van der Waals surface area contributed by atoms with Crippen molar-refractivity contribution >= 4 is 32.5 Å². The van der Waals surface area contributed by atoms with Crippen molar-refractivity contribution < 1.29 is 23.1 Å². The van der Waals surface area contributed by atoms with Crippen LogP contribution in [-0.2, 0) is 25.8 Å². The van der Waals surface area contributed by atoms with Gasteiger partial charge in [-0.05, 0) is 29.7 Å². The van der Waals surface area contributed by atoms with Crippen LogP contribution >= 0.6 is 0 Å². The molecule has 2 unspecified atom stereocenters. The zero-order valence-electron chi connectivity index (χ0n) is 14.1. The van der Waals surface area contributed by atoms with Crippen molar-refractivity contribution in [3.63, 3.8) is 0 Å². The number of aliphatic carboxylic acids is 1. The summed E-state index contributed by atoms with van der Waals surface area (Å²) in [5.74, 6) is -2.57. The number of carboxylic acids is 1. The molecule has 2 aromatic rings. The molecular formula is C18H21NO5S. The van der Waals surface area contributed by atoms with Crippen LogP contribution in [0.2, 0.25) is 0 Å². The van der Waals surface area contributed by atoms with Crippen LogP contribution in [0.3, 0.4) is 0 Å². The summed E-state index contributed by atoms with van der Waals surface area (Å²) in [6, 6.07) is 13.5. The highest BCUT2D eigenvalue weighted by Gasteiger charge is 2.25. The number of nitrogens with one attached hydrogen (secondary N) is 1. The van der Waals surface area contributed by atoms with Gasteiger partial charge in [-0.15, -0.1) is 0 Å². The molecule has 2 N–H and O–H groups in total. The molecule has 0 heterocycles. The first-order valence-corrected chi connectivity index (χ1v) is 9.81. The number of hydrogen-bond donors (Lipinski definition) is 2. The number of amides is 1. The minimum absolute atomic E-state index is 0.124. The molecular weight excluding hydrogens is 342 g/mol. The van der Waals surface area contributed by atoms with E-state index >= 15 is 0 Å². The zero-order chi connectivity index (χ0) is 18.6. The van der Waals surface area contributed by atoms with Crippen LogP contribution < -0.4 is 5.32 Å². The third-order valence-corrected chi connectivity index (χ3v) is 5.68. The van der Waals surface area contributed by atoms with Crippen LogP contribution in [0.1, 0.15) is 12.5 Å². The van der Waals surface area contributed by atoms with E-state index in [2.05, 4.69) is 5.32 Å². The highest BCUT2D eigenvalue weighted by molar-refractivity contribution is 7.92. The van der Waals surface area contributed by atoms with Crippen LogP contribution in [0.25, 0.3) is 10.8 Å². The van der Waals surface area contributed by atoms with Crippen LogP contribution in [0.15, 0.2) is 42.5 Å². The Kier molecular flexibility index (Phi) is 5.79. The highest BCUT2D eigenvalue weighted by atomic mass is 32.2. The van der Waals surface area contributed by atoms with Crippen molar-refractivity contribution in [2.24, 2.45) is 5.92 Å². The van der Waals surface area contributed by atoms with Gasteiger partial charge in [0.1, 0.15) is 5.25 Å². The number of carbonyl (C=O) groups is 2. The smallest absolute Gasteiger partial charge is 0.308 e. The Morgan fingerprint density at radius 1 is 1.12 bits per heavy atom. The van der Waals surface area contributed by atoms with E-state index < -0.39 is 32.9 Å². The molecule has 2 rings (SSSR count). The van der Waals surface area contributed by atoms with E-state index in [9.17, 15) is 23.1 Å². The minimum atomic E-state index is -3.51. The Labute approximate surface area is 146 Å². The van der Waals surface area contributed by atoms with E-state index in [4.69, 9.17) is 0 Å². The maximum atomic E-state index is 11.9. The van der Waals surface area contributed by atoms with Crippen LogP contribution in [-0.4, -0.2) is 43.5 Å². The summed E-state index contributed by atoms with van der Waals surface area (Å²) in [5, 5.41) is 12.7. The molecule has 0 radical (unpaired) electrons. The Balaban J connectivity index is 2.07. The molecule has 0 bridgehead atoms. The van der Waals surface area contributed by atoms with Crippen molar-refractivity contribution in [1.82, 2.24) is 5.32 Å². The van der Waals surface area contributed by atoms with Crippen molar-refractivity contribution in [3.8, 4) is 0 Å². The van der Waals surface area contributed by atoms with Crippen molar-refractivity contribution in [2.75, 3.05) is 12.8 Å². The fraction of sp³-hybridized carbons (Fsp3) is 0.333. The number of benzene rings is 2. The van der Waals surface area contributed by atoms with Crippen molar-refractivity contribution in [2.45, 2.75) is 18.6 Å². The second-order valence-electron chi connectivity index (χ2n) is 6.14. The van der Waals surface area contributed by atoms with E-state index in [0.717, 1.165) is 22.6 Å². The van der Waals surface area contributed by atoms with Gasteiger partial charge in [0.05, 0.1) is 5.92 Å². The molecule has 7 heteroatoms. The molecule has 2 aromatic carbocycles. The highest BCUT2D eigenvalue weighted by Crippen LogP contribution is 2.18. The summed E-state index contributed by atoms with van der Waals surface area (Å²) in [4.78, 5) is 23.3. The number of fused-ring (bicyclic) bond motifs is 1. The van der Waals surface area contributed by atoms with Gasteiger partial charge >= 0.3 is 5.97 Å². The predicted molar refractivity (Wildman–Crippen MR) is 96.1 cm³/mol. The van der Waals surface area contributed by atoms with E-state index in [0.29, 0.717) is 0 Å². The monoisotopic (exact) mass is 363 g/mol. The number of carboxylic acid groups (broad SMARTS) is 1. The standard InChI is InChI=1S/C18H21NO5S/c1-12(25(2,23)24)17(20)19-11-16(18(21)22)10-13-7-8-14-5-3-4-6-15(14)9-13/h3-9,12,16H,10-11H2,1-2H3,(H,19,20)(H,21,22). The van der Waals surface area contributed by atoms with Crippen molar-refractivity contribution in [3.05, 3.63) is 48.0 Å². The maximum absolute atomic E-state index is 11.9. The third-order valence-electron chi connectivity index (χ3n) is 4.18. The van der Waals surface area contributed by atoms with Gasteiger partial charge in [0.25, 0.3) is 0 Å². The van der Waals surface area contributed by atoms with E-state index in [1.807, 2.05) is 42.5 Å². The summed E-state index contributed by atoms with van der Waals surface area (Å²) in [7, 11) is -3.51. The summed E-state index contributed by atoms with van der Waals surface area (Å²) in [6.45, 7) is 1.16. The SMILES string of the molecule is CC(C(=O)NCC(Cc1ccc2ccccc2c1)C(=O)O)S(C)(=O)=O. The molecule has 0 spiro atoms. The Morgan fingerprint density at radius 2 is 1.76 bits per heavy atom. The number of rotatable bonds is 7. The topological polar surface area (TPSA) is 101 Å². The molecule has 0 saturated heterocycles. The van der Waals surface area contributed by atoms with Gasteiger partial charge in [0.15, 0.2) is 9.84 Å². The molecule has 6 nitrogen and oxygen atoms in total. The van der Waals surface area contributed by atoms with E-state index in [1.165, 1.54) is 6.92 Å². The lowest BCUT2D eigenvalue weighted by Gasteiger charge is -2.16. The lowest BCUT2D eigenvalue weighted by Crippen LogP contribution is -2.41. The van der Waals surface area contributed by atoms with Crippen LogP contribution in [0.4, 0.5) is 0 Å². The van der Waals surface area contributed by atoms with Gasteiger partial charge in [-0.2, -0.15) is 0 Å². The summed E-state index contributed by atoms with van der Waals surface area (Å²) >= 11 is 0. The Bertz CT molecular complexity index is 891. The lowest BCUT2D eigenvalue weighted by atomic mass is 9.97. The first-order valence-electron chi connectivity index (χ1n) is 7.85. The molecule has 0 fully saturated rings. The summed E-state index contributed by atoms with van der Waals surface area (Å²) < 4.78 is 22.8. The Hall–Kier alpha value is -2.41. The van der Waals surface area contributed by atoms with E-state index in [-0.39, 0.29) is 13.0 Å². The fourth-order valence-corrected chi connectivity index (χ4v) is 2.93. The van der Waals surface area contributed by atoms with Gasteiger partial charge in [-0.3, -0.25) is 9.59 Å². The Morgan fingerprint density at radius 3 is 2.36 bits per heavy atom. The molecule has 1 amide bonds. The van der Waals surface area contributed by atoms with Gasteiger partial charge in [-0.1, -0.05) is 42.5 Å². The molecule has 25 heavy (non-hydrogen) atoms. The molecule has 0 aromatic heterocycles. The maximum Gasteiger partial charge on any atom is 0.308 e. The molecule has 2 atom stereocenters. The average molecular weight is 363 g/mol. The fourth-order valence-electron chi connectivity index (χ4n) is 2.46. The van der Waals surface area contributed by atoms with Crippen molar-refractivity contribution in [1.29, 1.82) is 0 Å². The molecule has 134 valence electrons. The lowest BCUT2D eigenvalue weighted by molar-refractivity contribution is -0.141. The second-order valence-corrected chi connectivity index (χ2v) is 8.50. The number of sulfone groups is 1. The normalized spacial score (nSPS) is 14.0. The quantitative estimate of drug-likeness (QED) is 0.779.